The number of hydrogen-bond acceptors (Lipinski definition) is 9. The summed E-state index contributed by atoms with van der Waals surface area (Å²) < 4.78 is 16.1. The molecule has 0 unspecified atom stereocenters. The van der Waals surface area contributed by atoms with Crippen LogP contribution in [0.5, 0.6) is 17.2 Å². The lowest BCUT2D eigenvalue weighted by Crippen LogP contribution is -2.32. The molecule has 0 fully saturated rings. The molecule has 3 N–H and O–H groups in total. The number of hydrogen-bond donors (Lipinski definition) is 3. The number of rotatable bonds is 13. The van der Waals surface area contributed by atoms with Crippen LogP contribution >= 0.6 is 11.8 Å². The summed E-state index contributed by atoms with van der Waals surface area (Å²) in [7, 11) is 1.63. The van der Waals surface area contributed by atoms with Crippen LogP contribution in [0.25, 0.3) is 11.5 Å². The summed E-state index contributed by atoms with van der Waals surface area (Å²) in [5.41, 5.74) is 2.07. The number of aliphatic hydroxyl groups is 1. The second kappa shape index (κ2) is 13.0. The molecule has 0 aliphatic heterocycles. The number of ether oxygens (including phenoxy) is 2. The van der Waals surface area contributed by atoms with Gasteiger partial charge in [-0.3, -0.25) is 0 Å². The molecule has 0 radical (unpaired) electrons. The van der Waals surface area contributed by atoms with Crippen LogP contribution in [-0.4, -0.2) is 53.3 Å². The Morgan fingerprint density at radius 3 is 2.42 bits per heavy atom. The van der Waals surface area contributed by atoms with Crippen LogP contribution in [0.3, 0.4) is 0 Å². The predicted molar refractivity (Wildman–Crippen MR) is 138 cm³/mol. The van der Waals surface area contributed by atoms with Crippen molar-refractivity contribution in [2.75, 3.05) is 26.8 Å². The van der Waals surface area contributed by atoms with Gasteiger partial charge in [0.15, 0.2) is 5.82 Å². The molecule has 3 aromatic carbocycles. The summed E-state index contributed by atoms with van der Waals surface area (Å²) in [4.78, 5) is 5.61. The van der Waals surface area contributed by atoms with E-state index in [0.29, 0.717) is 29.8 Å². The van der Waals surface area contributed by atoms with Gasteiger partial charge in [0.25, 0.3) is 5.89 Å². The monoisotopic (exact) mass is 507 g/mol. The molecule has 0 bridgehead atoms. The second-order valence-electron chi connectivity index (χ2n) is 8.09. The number of aromatic hydroxyl groups is 1. The number of nitrogens with one attached hydrogen (secondary N) is 1. The van der Waals surface area contributed by atoms with Gasteiger partial charge >= 0.3 is 0 Å². The summed E-state index contributed by atoms with van der Waals surface area (Å²) in [6.45, 7) is 1.38. The van der Waals surface area contributed by atoms with Crippen LogP contribution in [0.4, 0.5) is 0 Å². The van der Waals surface area contributed by atoms with Crippen LogP contribution in [0, 0.1) is 0 Å². The van der Waals surface area contributed by atoms with E-state index in [0.717, 1.165) is 29.2 Å². The van der Waals surface area contributed by atoms with E-state index >= 15 is 0 Å². The van der Waals surface area contributed by atoms with Crippen LogP contribution in [0.1, 0.15) is 11.4 Å². The molecule has 188 valence electrons. The molecular weight excluding hydrogens is 478 g/mol. The molecule has 0 saturated heterocycles. The highest BCUT2D eigenvalue weighted by molar-refractivity contribution is 7.98. The highest BCUT2D eigenvalue weighted by atomic mass is 32.2. The van der Waals surface area contributed by atoms with E-state index in [4.69, 9.17) is 14.0 Å². The Morgan fingerprint density at radius 2 is 1.69 bits per heavy atom. The maximum atomic E-state index is 10.1. The molecule has 0 aliphatic carbocycles. The fourth-order valence-corrected chi connectivity index (χ4v) is 4.10. The van der Waals surface area contributed by atoms with Crippen molar-refractivity contribution in [1.29, 1.82) is 0 Å². The number of thioether (sulfide) groups is 1. The minimum Gasteiger partial charge on any atom is -0.508 e. The summed E-state index contributed by atoms with van der Waals surface area (Å²) in [5, 5.41) is 26.7. The van der Waals surface area contributed by atoms with Gasteiger partial charge in [-0.15, -0.1) is 11.8 Å². The fourth-order valence-electron chi connectivity index (χ4n) is 3.36. The fraction of sp³-hybridized carbons (Fsp3) is 0.259. The third-order valence-corrected chi connectivity index (χ3v) is 6.35. The van der Waals surface area contributed by atoms with Gasteiger partial charge in [-0.1, -0.05) is 17.3 Å². The Kier molecular flexibility index (Phi) is 9.21. The average Bonchev–Trinajstić information content (AvgIpc) is 3.39. The lowest BCUT2D eigenvalue weighted by Gasteiger charge is -2.13. The van der Waals surface area contributed by atoms with Gasteiger partial charge < -0.3 is 29.5 Å². The van der Waals surface area contributed by atoms with Crippen LogP contribution < -0.4 is 14.8 Å². The average molecular weight is 508 g/mol. The number of phenolic OH excluding ortho intramolecular Hbond substituents is 1. The summed E-state index contributed by atoms with van der Waals surface area (Å²) >= 11 is 1.65. The lowest BCUT2D eigenvalue weighted by atomic mass is 10.1. The van der Waals surface area contributed by atoms with Crippen LogP contribution in [0.15, 0.2) is 82.2 Å². The van der Waals surface area contributed by atoms with E-state index in [1.165, 1.54) is 5.56 Å². The normalized spacial score (nSPS) is 11.8. The highest BCUT2D eigenvalue weighted by Gasteiger charge is 2.10. The first-order chi connectivity index (χ1) is 17.6. The van der Waals surface area contributed by atoms with Gasteiger partial charge in [0.2, 0.25) is 0 Å². The van der Waals surface area contributed by atoms with Gasteiger partial charge in [-0.25, -0.2) is 0 Å². The first kappa shape index (κ1) is 25.6. The molecule has 36 heavy (non-hydrogen) atoms. The van der Waals surface area contributed by atoms with E-state index in [1.54, 1.807) is 43.1 Å². The smallest absolute Gasteiger partial charge is 0.257 e. The van der Waals surface area contributed by atoms with E-state index < -0.39 is 6.10 Å². The second-order valence-corrected chi connectivity index (χ2v) is 9.14. The molecule has 4 aromatic rings. The molecule has 0 amide bonds. The first-order valence-corrected chi connectivity index (χ1v) is 12.6. The lowest BCUT2D eigenvalue weighted by molar-refractivity contribution is 0.106. The number of phenols is 1. The molecule has 4 rings (SSSR count). The van der Waals surface area contributed by atoms with Gasteiger partial charge in [-0.2, -0.15) is 4.98 Å². The SMILES string of the molecule is COc1ccc(-c2nc(CSc3ccc(CCNC[C@H](O)COc4ccc(O)cc4)cc3)no2)cc1. The zero-order chi connectivity index (χ0) is 25.2. The standard InChI is InChI=1S/C27H29N3O5S/c1-33-23-8-4-20(5-9-23)27-29-26(30-35-27)18-36-25-12-2-19(3-13-25)14-15-28-16-22(32)17-34-24-10-6-21(31)7-11-24/h2-13,22,28,31-32H,14-18H2,1H3/t22-/m0/s1. The molecule has 8 nitrogen and oxygen atoms in total. The van der Waals surface area contributed by atoms with Gasteiger partial charge in [-0.05, 0) is 79.2 Å². The van der Waals surface area contributed by atoms with Crippen LogP contribution in [0.2, 0.25) is 0 Å². The Hall–Kier alpha value is -3.53. The number of methoxy groups -OCH3 is 1. The molecular formula is C27H29N3O5S. The third kappa shape index (κ3) is 7.74. The van der Waals surface area contributed by atoms with Crippen molar-refractivity contribution in [3.05, 3.63) is 84.2 Å². The van der Waals surface area contributed by atoms with Crippen molar-refractivity contribution in [1.82, 2.24) is 15.5 Å². The molecule has 0 saturated carbocycles. The van der Waals surface area contributed by atoms with Crippen molar-refractivity contribution < 1.29 is 24.2 Å². The van der Waals surface area contributed by atoms with Crippen LogP contribution in [-0.2, 0) is 12.2 Å². The van der Waals surface area contributed by atoms with Crippen molar-refractivity contribution in [2.45, 2.75) is 23.2 Å². The van der Waals surface area contributed by atoms with Crippen molar-refractivity contribution >= 4 is 11.8 Å². The van der Waals surface area contributed by atoms with Gasteiger partial charge in [0.1, 0.15) is 30.0 Å². The molecule has 1 heterocycles. The van der Waals surface area contributed by atoms with Gasteiger partial charge in [0, 0.05) is 17.0 Å². The molecule has 1 aromatic heterocycles. The van der Waals surface area contributed by atoms with Gasteiger partial charge in [0.05, 0.1) is 12.9 Å². The number of nitrogens with zero attached hydrogens (tertiary/aromatic N) is 2. The van der Waals surface area contributed by atoms with Crippen molar-refractivity contribution in [3.8, 4) is 28.7 Å². The van der Waals surface area contributed by atoms with E-state index in [-0.39, 0.29) is 12.4 Å². The minimum absolute atomic E-state index is 0.183. The maximum absolute atomic E-state index is 10.1. The minimum atomic E-state index is -0.618. The molecule has 0 aliphatic rings. The van der Waals surface area contributed by atoms with E-state index in [9.17, 15) is 10.2 Å². The number of aliphatic hydroxyl groups excluding tert-OH is 1. The van der Waals surface area contributed by atoms with E-state index in [2.05, 4.69) is 39.7 Å². The predicted octanol–water partition coefficient (Wildman–Crippen LogP) is 4.32. The molecule has 1 atom stereocenters. The quantitative estimate of drug-likeness (QED) is 0.180. The van der Waals surface area contributed by atoms with E-state index in [1.807, 2.05) is 24.3 Å². The number of benzene rings is 3. The van der Waals surface area contributed by atoms with Crippen molar-refractivity contribution in [2.24, 2.45) is 0 Å². The molecule has 9 heteroatoms. The first-order valence-electron chi connectivity index (χ1n) is 11.6. The Balaban J connectivity index is 1.14. The van der Waals surface area contributed by atoms with Crippen molar-refractivity contribution in [3.63, 3.8) is 0 Å². The molecule has 0 spiro atoms. The summed E-state index contributed by atoms with van der Waals surface area (Å²) in [6, 6.07) is 22.3. The third-order valence-electron chi connectivity index (χ3n) is 5.35. The largest absolute Gasteiger partial charge is 0.508 e. The topological polar surface area (TPSA) is 110 Å². The number of aromatic nitrogens is 2. The summed E-state index contributed by atoms with van der Waals surface area (Å²) in [5.74, 6) is 3.33. The Morgan fingerprint density at radius 1 is 0.972 bits per heavy atom. The maximum Gasteiger partial charge on any atom is 0.257 e. The zero-order valence-corrected chi connectivity index (χ0v) is 20.8. The Labute approximate surface area is 214 Å². The highest BCUT2D eigenvalue weighted by Crippen LogP contribution is 2.25. The zero-order valence-electron chi connectivity index (χ0n) is 20.0. The Bertz CT molecular complexity index is 1200. The summed E-state index contributed by atoms with van der Waals surface area (Å²) in [6.07, 6.45) is 0.236.